The summed E-state index contributed by atoms with van der Waals surface area (Å²) in [5, 5.41) is 10.8. The smallest absolute Gasteiger partial charge is 0.269 e. The molecule has 1 N–H and O–H groups in total. The fraction of sp³-hybridized carbons (Fsp3) is 0.316. The van der Waals surface area contributed by atoms with Gasteiger partial charge in [-0.15, -0.1) is 0 Å². The van der Waals surface area contributed by atoms with E-state index in [1.807, 2.05) is 30.3 Å². The zero-order valence-corrected chi connectivity index (χ0v) is 13.9. The minimum Gasteiger partial charge on any atom is -0.342 e. The largest absolute Gasteiger partial charge is 0.342 e. The molecule has 2 aromatic carbocycles. The maximum atomic E-state index is 10.8. The van der Waals surface area contributed by atoms with E-state index in [4.69, 9.17) is 4.98 Å². The Hall–Kier alpha value is -2.73. The second kappa shape index (κ2) is 6.64. The summed E-state index contributed by atoms with van der Waals surface area (Å²) >= 11 is 0. The quantitative estimate of drug-likeness (QED) is 0.580. The van der Waals surface area contributed by atoms with Crippen LogP contribution in [-0.2, 0) is 6.54 Å². The molecule has 0 radical (unpaired) electrons. The standard InChI is InChI=1S/C19H20N4O2/c24-23(25)16-9-7-14(8-10-16)12-22-11-3-4-15(13-22)19-20-17-5-1-2-6-18(17)21-19/h1-2,5-10,15H,3-4,11-13H2,(H,20,21). The van der Waals surface area contributed by atoms with Crippen molar-refractivity contribution in [2.75, 3.05) is 13.1 Å². The number of non-ortho nitro benzene ring substituents is 1. The van der Waals surface area contributed by atoms with Gasteiger partial charge in [0.1, 0.15) is 5.82 Å². The molecule has 6 heteroatoms. The van der Waals surface area contributed by atoms with Gasteiger partial charge in [-0.1, -0.05) is 24.3 Å². The molecule has 1 aliphatic rings. The number of H-pyrrole nitrogens is 1. The van der Waals surface area contributed by atoms with E-state index < -0.39 is 0 Å². The number of rotatable bonds is 4. The van der Waals surface area contributed by atoms with Crippen molar-refractivity contribution < 1.29 is 4.92 Å². The van der Waals surface area contributed by atoms with Crippen molar-refractivity contribution in [3.05, 3.63) is 70.0 Å². The molecule has 0 aliphatic carbocycles. The zero-order valence-electron chi connectivity index (χ0n) is 13.9. The van der Waals surface area contributed by atoms with Crippen LogP contribution in [0.3, 0.4) is 0 Å². The summed E-state index contributed by atoms with van der Waals surface area (Å²) in [6, 6.07) is 15.0. The third-order valence-electron chi connectivity index (χ3n) is 4.85. The normalized spacial score (nSPS) is 18.5. The molecule has 6 nitrogen and oxygen atoms in total. The minimum absolute atomic E-state index is 0.141. The van der Waals surface area contributed by atoms with Crippen LogP contribution in [0.4, 0.5) is 5.69 Å². The predicted octanol–water partition coefficient (Wildman–Crippen LogP) is 3.85. The van der Waals surface area contributed by atoms with E-state index in [1.165, 1.54) is 0 Å². The van der Waals surface area contributed by atoms with Gasteiger partial charge in [0.25, 0.3) is 5.69 Å². The average molecular weight is 336 g/mol. The lowest BCUT2D eigenvalue weighted by atomic mass is 9.97. The number of aromatic nitrogens is 2. The van der Waals surface area contributed by atoms with Gasteiger partial charge in [-0.25, -0.2) is 4.98 Å². The summed E-state index contributed by atoms with van der Waals surface area (Å²) in [5.74, 6) is 1.47. The number of aromatic amines is 1. The first-order valence-electron chi connectivity index (χ1n) is 8.59. The molecule has 0 amide bonds. The molecule has 3 aromatic rings. The molecule has 1 fully saturated rings. The van der Waals surface area contributed by atoms with Crippen LogP contribution >= 0.6 is 0 Å². The van der Waals surface area contributed by atoms with Crippen LogP contribution in [0, 0.1) is 10.1 Å². The molecule has 2 heterocycles. The molecule has 1 atom stereocenters. The van der Waals surface area contributed by atoms with Gasteiger partial charge >= 0.3 is 0 Å². The molecule has 1 aliphatic heterocycles. The first-order valence-corrected chi connectivity index (χ1v) is 8.59. The summed E-state index contributed by atoms with van der Waals surface area (Å²) < 4.78 is 0. The fourth-order valence-corrected chi connectivity index (χ4v) is 3.57. The first kappa shape index (κ1) is 15.8. The van der Waals surface area contributed by atoms with Crippen LogP contribution in [0.2, 0.25) is 0 Å². The van der Waals surface area contributed by atoms with Crippen molar-refractivity contribution >= 4 is 16.7 Å². The first-order chi connectivity index (χ1) is 12.2. The van der Waals surface area contributed by atoms with E-state index >= 15 is 0 Å². The topological polar surface area (TPSA) is 75.1 Å². The average Bonchev–Trinajstić information content (AvgIpc) is 3.07. The fourth-order valence-electron chi connectivity index (χ4n) is 3.57. The van der Waals surface area contributed by atoms with Gasteiger partial charge in [0.15, 0.2) is 0 Å². The molecule has 0 bridgehead atoms. The van der Waals surface area contributed by atoms with Gasteiger partial charge in [0.05, 0.1) is 16.0 Å². The highest BCUT2D eigenvalue weighted by Gasteiger charge is 2.24. The number of hydrogen-bond donors (Lipinski definition) is 1. The third-order valence-corrected chi connectivity index (χ3v) is 4.85. The lowest BCUT2D eigenvalue weighted by Gasteiger charge is -2.31. The minimum atomic E-state index is -0.359. The van der Waals surface area contributed by atoms with Gasteiger partial charge < -0.3 is 4.98 Å². The van der Waals surface area contributed by atoms with Crippen molar-refractivity contribution in [1.82, 2.24) is 14.9 Å². The predicted molar refractivity (Wildman–Crippen MR) is 96.4 cm³/mol. The van der Waals surface area contributed by atoms with Crippen LogP contribution in [0.15, 0.2) is 48.5 Å². The van der Waals surface area contributed by atoms with E-state index in [2.05, 4.69) is 16.0 Å². The molecule has 4 rings (SSSR count). The van der Waals surface area contributed by atoms with Crippen molar-refractivity contribution in [3.8, 4) is 0 Å². The van der Waals surface area contributed by atoms with Crippen LogP contribution < -0.4 is 0 Å². The van der Waals surface area contributed by atoms with Crippen LogP contribution in [0.25, 0.3) is 11.0 Å². The van der Waals surface area contributed by atoms with Gasteiger partial charge in [-0.05, 0) is 37.1 Å². The molecule has 1 aromatic heterocycles. The molecule has 1 saturated heterocycles. The maximum absolute atomic E-state index is 10.8. The highest BCUT2D eigenvalue weighted by molar-refractivity contribution is 5.74. The Bertz CT molecular complexity index is 855. The number of imidazole rings is 1. The van der Waals surface area contributed by atoms with E-state index in [0.29, 0.717) is 5.92 Å². The molecular weight excluding hydrogens is 316 g/mol. The van der Waals surface area contributed by atoms with Gasteiger partial charge in [0.2, 0.25) is 0 Å². The zero-order chi connectivity index (χ0) is 17.2. The number of benzene rings is 2. The van der Waals surface area contributed by atoms with E-state index in [9.17, 15) is 10.1 Å². The number of para-hydroxylation sites is 2. The number of piperidine rings is 1. The van der Waals surface area contributed by atoms with E-state index in [1.54, 1.807) is 12.1 Å². The Morgan fingerprint density at radius 3 is 2.76 bits per heavy atom. The molecule has 1 unspecified atom stereocenters. The summed E-state index contributed by atoms with van der Waals surface area (Å²) in [6.07, 6.45) is 2.27. The van der Waals surface area contributed by atoms with Crippen LogP contribution in [-0.4, -0.2) is 32.9 Å². The number of nitrogens with zero attached hydrogens (tertiary/aromatic N) is 3. The Morgan fingerprint density at radius 2 is 2.00 bits per heavy atom. The summed E-state index contributed by atoms with van der Waals surface area (Å²) in [4.78, 5) is 21.0. The van der Waals surface area contributed by atoms with Gasteiger partial charge in [-0.2, -0.15) is 0 Å². The lowest BCUT2D eigenvalue weighted by molar-refractivity contribution is -0.384. The monoisotopic (exact) mass is 336 g/mol. The molecular formula is C19H20N4O2. The highest BCUT2D eigenvalue weighted by atomic mass is 16.6. The van der Waals surface area contributed by atoms with E-state index in [0.717, 1.165) is 54.9 Å². The second-order valence-electron chi connectivity index (χ2n) is 6.64. The molecule has 0 spiro atoms. The molecule has 0 saturated carbocycles. The van der Waals surface area contributed by atoms with Crippen molar-refractivity contribution in [3.63, 3.8) is 0 Å². The Kier molecular flexibility index (Phi) is 4.19. The van der Waals surface area contributed by atoms with Crippen LogP contribution in [0.1, 0.15) is 30.1 Å². The Morgan fingerprint density at radius 1 is 1.20 bits per heavy atom. The number of nitrogens with one attached hydrogen (secondary N) is 1. The summed E-state index contributed by atoms with van der Waals surface area (Å²) in [6.45, 7) is 2.82. The number of hydrogen-bond acceptors (Lipinski definition) is 4. The lowest BCUT2D eigenvalue weighted by Crippen LogP contribution is -2.34. The third kappa shape index (κ3) is 3.39. The summed E-state index contributed by atoms with van der Waals surface area (Å²) in [7, 11) is 0. The maximum Gasteiger partial charge on any atom is 0.269 e. The SMILES string of the molecule is O=[N+]([O-])c1ccc(CN2CCCC(c3nc4ccccc4[nH]3)C2)cc1. The van der Waals surface area contributed by atoms with Crippen molar-refractivity contribution in [1.29, 1.82) is 0 Å². The Labute approximate surface area is 145 Å². The van der Waals surface area contributed by atoms with Crippen molar-refractivity contribution in [2.24, 2.45) is 0 Å². The number of fused-ring (bicyclic) bond motifs is 1. The Balaban J connectivity index is 1.46. The second-order valence-corrected chi connectivity index (χ2v) is 6.64. The molecule has 128 valence electrons. The summed E-state index contributed by atoms with van der Waals surface area (Å²) in [5.41, 5.74) is 3.35. The van der Waals surface area contributed by atoms with Crippen LogP contribution in [0.5, 0.6) is 0 Å². The molecule has 25 heavy (non-hydrogen) atoms. The number of nitro benzene ring substituents is 1. The number of nitro groups is 1. The van der Waals surface area contributed by atoms with Gasteiger partial charge in [-0.3, -0.25) is 15.0 Å². The van der Waals surface area contributed by atoms with Crippen molar-refractivity contribution in [2.45, 2.75) is 25.3 Å². The highest BCUT2D eigenvalue weighted by Crippen LogP contribution is 2.27. The number of likely N-dealkylation sites (tertiary alicyclic amines) is 1. The van der Waals surface area contributed by atoms with E-state index in [-0.39, 0.29) is 10.6 Å². The van der Waals surface area contributed by atoms with Gasteiger partial charge in [0, 0.05) is 31.1 Å².